The second kappa shape index (κ2) is 9.49. The summed E-state index contributed by atoms with van der Waals surface area (Å²) in [5.74, 6) is 0. The molecular weight excluding hydrogens is 160 g/mol. The van der Waals surface area contributed by atoms with Gasteiger partial charge in [0.25, 0.3) is 0 Å². The molecule has 0 amide bonds. The van der Waals surface area contributed by atoms with Crippen LogP contribution in [0.4, 0.5) is 0 Å². The summed E-state index contributed by atoms with van der Waals surface area (Å²) in [5.41, 5.74) is 3.24. The summed E-state index contributed by atoms with van der Waals surface area (Å²) in [6.07, 6.45) is 10.8. The molecule has 2 heteroatoms. The third kappa shape index (κ3) is 9.31. The van der Waals surface area contributed by atoms with Gasteiger partial charge in [-0.15, -0.1) is 0 Å². The molecule has 0 spiro atoms. The van der Waals surface area contributed by atoms with Crippen molar-refractivity contribution in [1.29, 1.82) is 0 Å². The molecule has 0 rings (SSSR count). The molecule has 13 heavy (non-hydrogen) atoms. The molecule has 0 aliphatic heterocycles. The number of unbranched alkanes of at least 4 members (excludes halogenated alkanes) is 1. The van der Waals surface area contributed by atoms with Crippen LogP contribution in [0.15, 0.2) is 24.3 Å². The predicted octanol–water partition coefficient (Wildman–Crippen LogP) is 2.36. The van der Waals surface area contributed by atoms with E-state index in [-0.39, 0.29) is 0 Å². The summed E-state index contributed by atoms with van der Waals surface area (Å²) < 4.78 is 0. The summed E-state index contributed by atoms with van der Waals surface area (Å²) in [6.45, 7) is 6.25. The van der Waals surface area contributed by atoms with Gasteiger partial charge in [-0.2, -0.15) is 0 Å². The molecule has 0 aromatic heterocycles. The van der Waals surface area contributed by atoms with Crippen molar-refractivity contribution < 1.29 is 0 Å². The Morgan fingerprint density at radius 2 is 2.08 bits per heavy atom. The average molecular weight is 182 g/mol. The third-order valence-corrected chi connectivity index (χ3v) is 1.73. The number of hydrazine groups is 1. The minimum Gasteiger partial charge on any atom is -0.256 e. The van der Waals surface area contributed by atoms with Crippen molar-refractivity contribution in [3.8, 4) is 0 Å². The zero-order valence-corrected chi connectivity index (χ0v) is 9.09. The highest BCUT2D eigenvalue weighted by Crippen LogP contribution is 1.92. The average Bonchev–Trinajstić information content (AvgIpc) is 2.11. The van der Waals surface area contributed by atoms with Gasteiger partial charge in [0.1, 0.15) is 0 Å². The number of hydrogen-bond acceptors (Lipinski definition) is 2. The molecule has 0 unspecified atom stereocenters. The first-order valence-electron chi connectivity index (χ1n) is 5.03. The van der Waals surface area contributed by atoms with E-state index in [4.69, 9.17) is 0 Å². The van der Waals surface area contributed by atoms with Crippen molar-refractivity contribution in [2.24, 2.45) is 0 Å². The van der Waals surface area contributed by atoms with E-state index < -0.39 is 0 Å². The number of allylic oxidation sites excluding steroid dienone is 4. The molecule has 76 valence electrons. The van der Waals surface area contributed by atoms with Crippen LogP contribution < -0.4 is 5.43 Å². The minimum atomic E-state index is 1.00. The SMILES string of the molecule is C/C=C/C=C/CCCN(C)NCC. The van der Waals surface area contributed by atoms with Crippen LogP contribution in [0.1, 0.15) is 26.7 Å². The van der Waals surface area contributed by atoms with Crippen LogP contribution in [0.2, 0.25) is 0 Å². The Kier molecular flexibility index (Phi) is 9.05. The maximum Gasteiger partial charge on any atom is 0.0130 e. The normalized spacial score (nSPS) is 12.3. The van der Waals surface area contributed by atoms with Crippen molar-refractivity contribution in [2.45, 2.75) is 26.7 Å². The molecule has 0 saturated carbocycles. The van der Waals surface area contributed by atoms with E-state index in [1.807, 2.05) is 13.0 Å². The summed E-state index contributed by atoms with van der Waals surface area (Å²) in [5, 5.41) is 2.14. The molecule has 0 bridgehead atoms. The summed E-state index contributed by atoms with van der Waals surface area (Å²) in [7, 11) is 2.08. The second-order valence-corrected chi connectivity index (χ2v) is 3.03. The van der Waals surface area contributed by atoms with Crippen molar-refractivity contribution in [2.75, 3.05) is 20.1 Å². The van der Waals surface area contributed by atoms with Gasteiger partial charge in [-0.05, 0) is 19.8 Å². The number of hydrogen-bond donors (Lipinski definition) is 1. The van der Waals surface area contributed by atoms with Crippen LogP contribution >= 0.6 is 0 Å². The van der Waals surface area contributed by atoms with E-state index in [2.05, 4.69) is 42.6 Å². The molecule has 0 aromatic carbocycles. The quantitative estimate of drug-likeness (QED) is 0.369. The third-order valence-electron chi connectivity index (χ3n) is 1.73. The molecule has 2 nitrogen and oxygen atoms in total. The van der Waals surface area contributed by atoms with E-state index in [0.717, 1.165) is 19.5 Å². The summed E-state index contributed by atoms with van der Waals surface area (Å²) in [6, 6.07) is 0. The fourth-order valence-corrected chi connectivity index (χ4v) is 1.08. The maximum atomic E-state index is 3.24. The summed E-state index contributed by atoms with van der Waals surface area (Å²) >= 11 is 0. The fourth-order valence-electron chi connectivity index (χ4n) is 1.08. The van der Waals surface area contributed by atoms with Crippen molar-refractivity contribution in [3.63, 3.8) is 0 Å². The molecule has 0 aliphatic carbocycles. The van der Waals surface area contributed by atoms with E-state index in [1.165, 1.54) is 6.42 Å². The van der Waals surface area contributed by atoms with Gasteiger partial charge in [0.15, 0.2) is 0 Å². The first-order chi connectivity index (χ1) is 6.31. The van der Waals surface area contributed by atoms with Gasteiger partial charge in [0.2, 0.25) is 0 Å². The predicted molar refractivity (Wildman–Crippen MR) is 59.5 cm³/mol. The standard InChI is InChI=1S/C11H22N2/c1-4-6-7-8-9-10-11-13(3)12-5-2/h4,6-8,12H,5,9-11H2,1-3H3/b6-4+,8-7+. The smallest absolute Gasteiger partial charge is 0.0130 e. The number of nitrogens with zero attached hydrogens (tertiary/aromatic N) is 1. The largest absolute Gasteiger partial charge is 0.256 e. The zero-order chi connectivity index (χ0) is 9.94. The fraction of sp³-hybridized carbons (Fsp3) is 0.636. The molecule has 0 saturated heterocycles. The van der Waals surface area contributed by atoms with Gasteiger partial charge in [0, 0.05) is 20.1 Å². The lowest BCUT2D eigenvalue weighted by Crippen LogP contribution is -2.34. The van der Waals surface area contributed by atoms with Gasteiger partial charge >= 0.3 is 0 Å². The molecule has 0 radical (unpaired) electrons. The molecule has 1 N–H and O–H groups in total. The topological polar surface area (TPSA) is 15.3 Å². The first-order valence-corrected chi connectivity index (χ1v) is 5.03. The number of rotatable bonds is 7. The highest BCUT2D eigenvalue weighted by molar-refractivity contribution is 5.00. The van der Waals surface area contributed by atoms with Crippen molar-refractivity contribution >= 4 is 0 Å². The first kappa shape index (κ1) is 12.4. The second-order valence-electron chi connectivity index (χ2n) is 3.03. The highest BCUT2D eigenvalue weighted by atomic mass is 15.5. The van der Waals surface area contributed by atoms with Crippen LogP contribution in [0.25, 0.3) is 0 Å². The van der Waals surface area contributed by atoms with Gasteiger partial charge in [-0.1, -0.05) is 31.2 Å². The van der Waals surface area contributed by atoms with Gasteiger partial charge in [-0.25, -0.2) is 5.01 Å². The molecule has 0 atom stereocenters. The molecule has 0 aromatic rings. The minimum absolute atomic E-state index is 1.00. The van der Waals surface area contributed by atoms with Crippen molar-refractivity contribution in [1.82, 2.24) is 10.4 Å². The lowest BCUT2D eigenvalue weighted by atomic mass is 10.3. The van der Waals surface area contributed by atoms with Crippen LogP contribution in [0, 0.1) is 0 Å². The molecule has 0 fully saturated rings. The summed E-state index contributed by atoms with van der Waals surface area (Å²) in [4.78, 5) is 0. The Hall–Kier alpha value is -0.600. The van der Waals surface area contributed by atoms with Gasteiger partial charge < -0.3 is 0 Å². The Morgan fingerprint density at radius 1 is 1.31 bits per heavy atom. The molecular formula is C11H22N2. The van der Waals surface area contributed by atoms with E-state index >= 15 is 0 Å². The Bertz CT molecular complexity index is 150. The number of nitrogens with one attached hydrogen (secondary N) is 1. The van der Waals surface area contributed by atoms with E-state index in [0.29, 0.717) is 0 Å². The van der Waals surface area contributed by atoms with Gasteiger partial charge in [0.05, 0.1) is 0 Å². The lowest BCUT2D eigenvalue weighted by molar-refractivity contribution is 0.239. The molecule has 0 heterocycles. The highest BCUT2D eigenvalue weighted by Gasteiger charge is 1.92. The Morgan fingerprint density at radius 3 is 2.69 bits per heavy atom. The zero-order valence-electron chi connectivity index (χ0n) is 9.09. The van der Waals surface area contributed by atoms with Crippen molar-refractivity contribution in [3.05, 3.63) is 24.3 Å². The Labute approximate surface area is 82.3 Å². The van der Waals surface area contributed by atoms with Crippen LogP contribution in [-0.2, 0) is 0 Å². The van der Waals surface area contributed by atoms with Gasteiger partial charge in [-0.3, -0.25) is 5.43 Å². The van der Waals surface area contributed by atoms with Crippen LogP contribution in [0.5, 0.6) is 0 Å². The van der Waals surface area contributed by atoms with E-state index in [9.17, 15) is 0 Å². The van der Waals surface area contributed by atoms with Crippen LogP contribution in [0.3, 0.4) is 0 Å². The lowest BCUT2D eigenvalue weighted by Gasteiger charge is -2.15. The Balaban J connectivity index is 3.24. The maximum absolute atomic E-state index is 3.24. The molecule has 0 aliphatic rings. The van der Waals surface area contributed by atoms with Crippen LogP contribution in [-0.4, -0.2) is 25.1 Å². The van der Waals surface area contributed by atoms with E-state index in [1.54, 1.807) is 0 Å². The monoisotopic (exact) mass is 182 g/mol.